The molecule has 1 radical (unpaired) electrons. The third-order valence-corrected chi connectivity index (χ3v) is 7.44. The first-order valence-corrected chi connectivity index (χ1v) is 8.75. The molecule has 0 bridgehead atoms. The van der Waals surface area contributed by atoms with Crippen molar-refractivity contribution < 1.29 is 8.85 Å². The summed E-state index contributed by atoms with van der Waals surface area (Å²) in [7, 11) is -2.06. The topological polar surface area (TPSA) is 18.5 Å². The summed E-state index contributed by atoms with van der Waals surface area (Å²) in [5.41, 5.74) is 0.507. The molecule has 1 aliphatic rings. The van der Waals surface area contributed by atoms with Gasteiger partial charge in [0.2, 0.25) is 0 Å². The van der Waals surface area contributed by atoms with Crippen molar-refractivity contribution in [3.05, 3.63) is 6.04 Å². The highest BCUT2D eigenvalue weighted by Gasteiger charge is 2.43. The number of hydrogen-bond donors (Lipinski definition) is 0. The van der Waals surface area contributed by atoms with E-state index in [1.165, 1.54) is 25.7 Å². The van der Waals surface area contributed by atoms with E-state index in [0.29, 0.717) is 5.54 Å². The second kappa shape index (κ2) is 6.77. The molecule has 16 heavy (non-hydrogen) atoms. The van der Waals surface area contributed by atoms with Crippen molar-refractivity contribution in [3.63, 3.8) is 0 Å². The first kappa shape index (κ1) is 14.2. The normalized spacial score (nSPS) is 18.6. The lowest BCUT2D eigenvalue weighted by Gasteiger charge is -2.35. The van der Waals surface area contributed by atoms with Gasteiger partial charge < -0.3 is 8.85 Å². The molecule has 0 atom stereocenters. The van der Waals surface area contributed by atoms with Gasteiger partial charge >= 0.3 is 8.56 Å². The molecule has 1 fully saturated rings. The SMILES string of the molecule is CCO[Si]([CH]C1CCCC1)(OCC)C(C)C. The van der Waals surface area contributed by atoms with Gasteiger partial charge in [-0.1, -0.05) is 39.5 Å². The van der Waals surface area contributed by atoms with Crippen LogP contribution >= 0.6 is 0 Å². The lowest BCUT2D eigenvalue weighted by molar-refractivity contribution is 0.179. The quantitative estimate of drug-likeness (QED) is 0.632. The van der Waals surface area contributed by atoms with Crippen LogP contribution in [-0.4, -0.2) is 21.8 Å². The fraction of sp³-hybridized carbons (Fsp3) is 0.923. The van der Waals surface area contributed by atoms with Crippen molar-refractivity contribution in [3.8, 4) is 0 Å². The van der Waals surface area contributed by atoms with Crippen molar-refractivity contribution in [2.45, 2.75) is 58.9 Å². The Balaban J connectivity index is 2.65. The summed E-state index contributed by atoms with van der Waals surface area (Å²) in [5, 5.41) is 0. The maximum absolute atomic E-state index is 6.05. The van der Waals surface area contributed by atoms with Gasteiger partial charge in [-0.25, -0.2) is 0 Å². The molecule has 0 spiro atoms. The van der Waals surface area contributed by atoms with E-state index in [4.69, 9.17) is 8.85 Å². The van der Waals surface area contributed by atoms with E-state index in [0.717, 1.165) is 19.1 Å². The molecule has 0 unspecified atom stereocenters. The van der Waals surface area contributed by atoms with E-state index in [1.54, 1.807) is 0 Å². The standard InChI is InChI=1S/C13H27O2Si/c1-5-14-16(12(3)4,15-6-2)11-13-9-7-8-10-13/h11-13H,5-10H2,1-4H3. The van der Waals surface area contributed by atoms with Crippen molar-refractivity contribution in [2.24, 2.45) is 5.92 Å². The van der Waals surface area contributed by atoms with E-state index in [-0.39, 0.29) is 0 Å². The van der Waals surface area contributed by atoms with E-state index in [1.807, 2.05) is 0 Å². The predicted molar refractivity (Wildman–Crippen MR) is 70.4 cm³/mol. The molecule has 3 heteroatoms. The van der Waals surface area contributed by atoms with Crippen LogP contribution in [0.1, 0.15) is 53.4 Å². The third-order valence-electron chi connectivity index (χ3n) is 3.41. The van der Waals surface area contributed by atoms with Gasteiger partial charge in [-0.15, -0.1) is 0 Å². The van der Waals surface area contributed by atoms with Crippen LogP contribution in [0.2, 0.25) is 5.54 Å². The van der Waals surface area contributed by atoms with E-state index < -0.39 is 8.56 Å². The van der Waals surface area contributed by atoms with Gasteiger partial charge in [0.05, 0.1) is 0 Å². The molecule has 0 N–H and O–H groups in total. The van der Waals surface area contributed by atoms with Gasteiger partial charge in [-0.3, -0.25) is 0 Å². The molecular formula is C13H27O2Si. The van der Waals surface area contributed by atoms with Gasteiger partial charge in [-0.05, 0) is 25.3 Å². The molecule has 0 heterocycles. The Morgan fingerprint density at radius 2 is 1.62 bits per heavy atom. The van der Waals surface area contributed by atoms with Gasteiger partial charge in [0.25, 0.3) is 0 Å². The molecule has 1 rings (SSSR count). The summed E-state index contributed by atoms with van der Waals surface area (Å²) in [5.74, 6) is 0.743. The molecular weight excluding hydrogens is 216 g/mol. The van der Waals surface area contributed by atoms with Gasteiger partial charge in [-0.2, -0.15) is 0 Å². The minimum Gasteiger partial charge on any atom is -0.394 e. The van der Waals surface area contributed by atoms with Gasteiger partial charge in [0, 0.05) is 19.3 Å². The smallest absolute Gasteiger partial charge is 0.344 e. The fourth-order valence-electron chi connectivity index (χ4n) is 2.57. The highest BCUT2D eigenvalue weighted by Crippen LogP contribution is 2.36. The van der Waals surface area contributed by atoms with Crippen molar-refractivity contribution in [2.75, 3.05) is 13.2 Å². The fourth-order valence-corrected chi connectivity index (χ4v) is 5.79. The monoisotopic (exact) mass is 243 g/mol. The van der Waals surface area contributed by atoms with E-state index in [9.17, 15) is 0 Å². The molecule has 2 nitrogen and oxygen atoms in total. The molecule has 0 aliphatic heterocycles. The Hall–Kier alpha value is 0.137. The lowest BCUT2D eigenvalue weighted by Crippen LogP contribution is -2.48. The Labute approximate surface area is 102 Å². The van der Waals surface area contributed by atoms with E-state index in [2.05, 4.69) is 33.7 Å². The third kappa shape index (κ3) is 3.57. The Bertz CT molecular complexity index is 182. The van der Waals surface area contributed by atoms with Crippen LogP contribution < -0.4 is 0 Å². The lowest BCUT2D eigenvalue weighted by atomic mass is 10.1. The number of hydrogen-bond acceptors (Lipinski definition) is 2. The molecule has 1 aliphatic carbocycles. The number of rotatable bonds is 7. The zero-order valence-electron chi connectivity index (χ0n) is 11.3. The second-order valence-corrected chi connectivity index (χ2v) is 8.46. The Kier molecular flexibility index (Phi) is 6.01. The molecule has 0 amide bonds. The summed E-state index contributed by atoms with van der Waals surface area (Å²) < 4.78 is 12.1. The first-order valence-electron chi connectivity index (χ1n) is 6.78. The average Bonchev–Trinajstić information content (AvgIpc) is 2.70. The van der Waals surface area contributed by atoms with Crippen LogP contribution in [0.5, 0.6) is 0 Å². The molecule has 0 aromatic carbocycles. The molecule has 0 aromatic rings. The molecule has 95 valence electrons. The van der Waals surface area contributed by atoms with Crippen LogP contribution in [0, 0.1) is 12.0 Å². The second-order valence-electron chi connectivity index (χ2n) is 4.95. The molecule has 0 aromatic heterocycles. The Morgan fingerprint density at radius 1 is 1.12 bits per heavy atom. The minimum atomic E-state index is -2.06. The first-order chi connectivity index (χ1) is 7.64. The van der Waals surface area contributed by atoms with Crippen molar-refractivity contribution >= 4 is 8.56 Å². The van der Waals surface area contributed by atoms with E-state index >= 15 is 0 Å². The highest BCUT2D eigenvalue weighted by atomic mass is 28.4. The zero-order valence-corrected chi connectivity index (χ0v) is 12.3. The van der Waals surface area contributed by atoms with Crippen LogP contribution in [0.4, 0.5) is 0 Å². The van der Waals surface area contributed by atoms with Crippen LogP contribution in [0.3, 0.4) is 0 Å². The largest absolute Gasteiger partial charge is 0.394 e. The van der Waals surface area contributed by atoms with Gasteiger partial charge in [0.1, 0.15) is 0 Å². The van der Waals surface area contributed by atoms with Crippen molar-refractivity contribution in [1.29, 1.82) is 0 Å². The predicted octanol–water partition coefficient (Wildman–Crippen LogP) is 3.85. The minimum absolute atomic E-state index is 0.507. The summed E-state index contributed by atoms with van der Waals surface area (Å²) in [6, 6.07) is 2.47. The summed E-state index contributed by atoms with van der Waals surface area (Å²) in [6.45, 7) is 10.2. The summed E-state index contributed by atoms with van der Waals surface area (Å²) >= 11 is 0. The van der Waals surface area contributed by atoms with Crippen LogP contribution in [0.15, 0.2) is 0 Å². The van der Waals surface area contributed by atoms with Crippen molar-refractivity contribution in [1.82, 2.24) is 0 Å². The van der Waals surface area contributed by atoms with Crippen LogP contribution in [0.25, 0.3) is 0 Å². The molecule has 0 saturated heterocycles. The van der Waals surface area contributed by atoms with Gasteiger partial charge in [0.15, 0.2) is 0 Å². The maximum atomic E-state index is 6.05. The summed E-state index contributed by atoms with van der Waals surface area (Å²) in [4.78, 5) is 0. The Morgan fingerprint density at radius 3 is 2.00 bits per heavy atom. The average molecular weight is 243 g/mol. The highest BCUT2D eigenvalue weighted by molar-refractivity contribution is 6.72. The van der Waals surface area contributed by atoms with Crippen LogP contribution in [-0.2, 0) is 8.85 Å². The zero-order chi connectivity index (χ0) is 12.0. The summed E-state index contributed by atoms with van der Waals surface area (Å²) in [6.07, 6.45) is 5.42. The molecule has 1 saturated carbocycles. The maximum Gasteiger partial charge on any atom is 0.344 e.